The van der Waals surface area contributed by atoms with Gasteiger partial charge in [0.1, 0.15) is 17.4 Å². The largest absolute Gasteiger partial charge is 0.480 e. The molecule has 0 aliphatic rings. The average molecular weight is 275 g/mol. The fourth-order valence-electron chi connectivity index (χ4n) is 2.00. The van der Waals surface area contributed by atoms with Crippen LogP contribution in [0, 0.1) is 0 Å². The summed E-state index contributed by atoms with van der Waals surface area (Å²) < 4.78 is 5.65. The van der Waals surface area contributed by atoms with Crippen LogP contribution in [0.1, 0.15) is 25.5 Å². The molecule has 0 bridgehead atoms. The predicted molar refractivity (Wildman–Crippen MR) is 74.5 cm³/mol. The summed E-state index contributed by atoms with van der Waals surface area (Å²) in [6.45, 7) is 3.19. The molecule has 5 nitrogen and oxygen atoms in total. The molecule has 2 unspecified atom stereocenters. The van der Waals surface area contributed by atoms with E-state index in [2.05, 4.69) is 0 Å². The quantitative estimate of drug-likeness (QED) is 0.930. The molecule has 0 saturated carbocycles. The maximum atomic E-state index is 12.3. The van der Waals surface area contributed by atoms with Gasteiger partial charge in [-0.1, -0.05) is 18.2 Å². The van der Waals surface area contributed by atoms with Crippen molar-refractivity contribution in [3.63, 3.8) is 0 Å². The zero-order valence-electron chi connectivity index (χ0n) is 11.7. The van der Waals surface area contributed by atoms with Gasteiger partial charge in [-0.15, -0.1) is 0 Å². The molecule has 20 heavy (non-hydrogen) atoms. The Morgan fingerprint density at radius 2 is 1.90 bits per heavy atom. The van der Waals surface area contributed by atoms with Crippen molar-refractivity contribution in [1.29, 1.82) is 0 Å². The van der Waals surface area contributed by atoms with Gasteiger partial charge in [0.05, 0.1) is 5.92 Å². The molecule has 2 aromatic rings. The Morgan fingerprint density at radius 3 is 2.50 bits per heavy atom. The van der Waals surface area contributed by atoms with Gasteiger partial charge in [0.25, 0.3) is 0 Å². The molecule has 0 saturated heterocycles. The highest BCUT2D eigenvalue weighted by Gasteiger charge is 2.28. The molecule has 0 aliphatic carbocycles. The van der Waals surface area contributed by atoms with Crippen molar-refractivity contribution in [1.82, 2.24) is 4.90 Å². The number of carbonyl (C=O) groups is 2. The van der Waals surface area contributed by atoms with Crippen LogP contribution < -0.4 is 0 Å². The minimum absolute atomic E-state index is 0.279. The third-order valence-corrected chi connectivity index (χ3v) is 3.53. The number of aliphatic carboxylic acids is 1. The van der Waals surface area contributed by atoms with E-state index in [1.807, 2.05) is 30.3 Å². The van der Waals surface area contributed by atoms with Crippen LogP contribution in [0.15, 0.2) is 34.7 Å². The van der Waals surface area contributed by atoms with Gasteiger partial charge in [-0.05, 0) is 26.0 Å². The van der Waals surface area contributed by atoms with Crippen LogP contribution in [0.5, 0.6) is 0 Å². The van der Waals surface area contributed by atoms with Crippen molar-refractivity contribution >= 4 is 22.8 Å². The summed E-state index contributed by atoms with van der Waals surface area (Å²) in [5.41, 5.74) is 0.719. The van der Waals surface area contributed by atoms with Gasteiger partial charge in [-0.2, -0.15) is 0 Å². The molecule has 2 rings (SSSR count). The number of para-hydroxylation sites is 1. The van der Waals surface area contributed by atoms with Crippen LogP contribution in [0.4, 0.5) is 0 Å². The SMILES string of the molecule is CC(C(=O)N(C)C(C)C(=O)O)c1cc2ccccc2o1. The first-order valence-electron chi connectivity index (χ1n) is 6.39. The van der Waals surface area contributed by atoms with Gasteiger partial charge < -0.3 is 14.4 Å². The summed E-state index contributed by atoms with van der Waals surface area (Å²) in [5, 5.41) is 9.88. The number of fused-ring (bicyclic) bond motifs is 1. The van der Waals surface area contributed by atoms with E-state index in [4.69, 9.17) is 9.52 Å². The number of carboxylic acids is 1. The van der Waals surface area contributed by atoms with Crippen molar-refractivity contribution in [3.05, 3.63) is 36.1 Å². The lowest BCUT2D eigenvalue weighted by Crippen LogP contribution is -2.42. The third kappa shape index (κ3) is 2.52. The zero-order chi connectivity index (χ0) is 14.9. The molecule has 0 fully saturated rings. The van der Waals surface area contributed by atoms with Crippen molar-refractivity contribution in [3.8, 4) is 0 Å². The molecule has 0 aliphatic heterocycles. The minimum atomic E-state index is -1.03. The lowest BCUT2D eigenvalue weighted by atomic mass is 10.1. The highest BCUT2D eigenvalue weighted by molar-refractivity contribution is 5.88. The first-order valence-corrected chi connectivity index (χ1v) is 6.39. The first kappa shape index (κ1) is 14.1. The summed E-state index contributed by atoms with van der Waals surface area (Å²) in [6.07, 6.45) is 0. The van der Waals surface area contributed by atoms with Crippen molar-refractivity contribution in [2.45, 2.75) is 25.8 Å². The third-order valence-electron chi connectivity index (χ3n) is 3.53. The average Bonchev–Trinajstić information content (AvgIpc) is 2.87. The monoisotopic (exact) mass is 275 g/mol. The number of hydrogen-bond donors (Lipinski definition) is 1. The number of carbonyl (C=O) groups excluding carboxylic acids is 1. The second-order valence-electron chi connectivity index (χ2n) is 4.87. The van der Waals surface area contributed by atoms with Crippen LogP contribution >= 0.6 is 0 Å². The van der Waals surface area contributed by atoms with Crippen molar-refractivity contribution < 1.29 is 19.1 Å². The molecule has 1 aromatic heterocycles. The molecule has 5 heteroatoms. The molecule has 0 spiro atoms. The van der Waals surface area contributed by atoms with E-state index in [-0.39, 0.29) is 5.91 Å². The Morgan fingerprint density at radius 1 is 1.25 bits per heavy atom. The molecule has 1 heterocycles. The summed E-state index contributed by atoms with van der Waals surface area (Å²) in [6, 6.07) is 8.45. The van der Waals surface area contributed by atoms with E-state index in [1.54, 1.807) is 6.92 Å². The minimum Gasteiger partial charge on any atom is -0.480 e. The molecule has 0 radical (unpaired) electrons. The van der Waals surface area contributed by atoms with Gasteiger partial charge in [0, 0.05) is 12.4 Å². The molecule has 106 valence electrons. The summed E-state index contributed by atoms with van der Waals surface area (Å²) >= 11 is 0. The number of benzene rings is 1. The van der Waals surface area contributed by atoms with Crippen molar-refractivity contribution in [2.75, 3.05) is 7.05 Å². The predicted octanol–water partition coefficient (Wildman–Crippen LogP) is 2.47. The number of likely N-dealkylation sites (N-methyl/N-ethyl adjacent to an activating group) is 1. The molecular weight excluding hydrogens is 258 g/mol. The Labute approximate surface area is 116 Å². The van der Waals surface area contributed by atoms with Crippen LogP contribution in [-0.2, 0) is 9.59 Å². The second kappa shape index (κ2) is 5.36. The molecule has 2 atom stereocenters. The Bertz CT molecular complexity index is 613. The van der Waals surface area contributed by atoms with E-state index in [0.717, 1.165) is 11.0 Å². The normalized spacial score (nSPS) is 13.9. The van der Waals surface area contributed by atoms with Gasteiger partial charge in [-0.25, -0.2) is 4.79 Å². The van der Waals surface area contributed by atoms with Crippen molar-refractivity contribution in [2.24, 2.45) is 0 Å². The Hall–Kier alpha value is -2.30. The van der Waals surface area contributed by atoms with E-state index in [9.17, 15) is 9.59 Å². The first-order chi connectivity index (χ1) is 9.41. The molecule has 1 amide bonds. The van der Waals surface area contributed by atoms with Crippen LogP contribution in [0.3, 0.4) is 0 Å². The fourth-order valence-corrected chi connectivity index (χ4v) is 2.00. The van der Waals surface area contributed by atoms with E-state index >= 15 is 0 Å². The Balaban J connectivity index is 2.24. The lowest BCUT2D eigenvalue weighted by Gasteiger charge is -2.24. The number of rotatable bonds is 4. The van der Waals surface area contributed by atoms with Gasteiger partial charge in [0.2, 0.25) is 5.91 Å². The van der Waals surface area contributed by atoms with Gasteiger partial charge in [-0.3, -0.25) is 4.79 Å². The topological polar surface area (TPSA) is 70.8 Å². The number of furan rings is 1. The van der Waals surface area contributed by atoms with E-state index in [1.165, 1.54) is 18.9 Å². The van der Waals surface area contributed by atoms with Gasteiger partial charge >= 0.3 is 5.97 Å². The number of hydrogen-bond acceptors (Lipinski definition) is 3. The van der Waals surface area contributed by atoms with E-state index < -0.39 is 17.9 Å². The summed E-state index contributed by atoms with van der Waals surface area (Å²) in [4.78, 5) is 24.4. The zero-order valence-corrected chi connectivity index (χ0v) is 11.7. The lowest BCUT2D eigenvalue weighted by molar-refractivity contribution is -0.148. The smallest absolute Gasteiger partial charge is 0.326 e. The molecule has 1 aromatic carbocycles. The summed E-state index contributed by atoms with van der Waals surface area (Å²) in [7, 11) is 1.49. The highest BCUT2D eigenvalue weighted by Crippen LogP contribution is 2.26. The van der Waals surface area contributed by atoms with Crippen LogP contribution in [0.25, 0.3) is 11.0 Å². The molecule has 1 N–H and O–H groups in total. The van der Waals surface area contributed by atoms with Gasteiger partial charge in [0.15, 0.2) is 0 Å². The second-order valence-corrected chi connectivity index (χ2v) is 4.87. The highest BCUT2D eigenvalue weighted by atomic mass is 16.4. The maximum absolute atomic E-state index is 12.3. The number of amides is 1. The van der Waals surface area contributed by atoms with Crippen LogP contribution in [0.2, 0.25) is 0 Å². The standard InChI is InChI=1S/C15H17NO4/c1-9(14(17)16(3)10(2)15(18)19)13-8-11-6-4-5-7-12(11)20-13/h4-10H,1-3H3,(H,18,19). The summed E-state index contributed by atoms with van der Waals surface area (Å²) in [5.74, 6) is -1.29. The number of carboxylic acid groups (broad SMARTS) is 1. The number of nitrogens with zero attached hydrogens (tertiary/aromatic N) is 1. The fraction of sp³-hybridized carbons (Fsp3) is 0.333. The Kier molecular flexibility index (Phi) is 3.79. The maximum Gasteiger partial charge on any atom is 0.326 e. The molecular formula is C15H17NO4. The van der Waals surface area contributed by atoms with Crippen LogP contribution in [-0.4, -0.2) is 35.0 Å². The van der Waals surface area contributed by atoms with E-state index in [0.29, 0.717) is 5.76 Å².